The Labute approximate surface area is 245 Å². The monoisotopic (exact) mass is 570 g/mol. The van der Waals surface area contributed by atoms with Gasteiger partial charge in [0.1, 0.15) is 11.5 Å². The molecule has 0 saturated heterocycles. The first kappa shape index (κ1) is 28.9. The summed E-state index contributed by atoms with van der Waals surface area (Å²) in [5.74, 6) is 1.21. The zero-order valence-electron chi connectivity index (χ0n) is 25.0. The Balaban J connectivity index is 1.60. The van der Waals surface area contributed by atoms with Crippen molar-refractivity contribution < 1.29 is 9.59 Å². The van der Waals surface area contributed by atoms with Gasteiger partial charge in [0, 0.05) is 42.4 Å². The molecule has 2 aliphatic rings. The van der Waals surface area contributed by atoms with E-state index in [1.165, 1.54) is 9.69 Å². The summed E-state index contributed by atoms with van der Waals surface area (Å²) in [6.45, 7) is 14.2. The van der Waals surface area contributed by atoms with Crippen molar-refractivity contribution >= 4 is 41.1 Å². The van der Waals surface area contributed by atoms with Crippen LogP contribution in [0.25, 0.3) is 11.4 Å². The first-order chi connectivity index (χ1) is 20.1. The average molecular weight is 571 g/mol. The number of rotatable bonds is 8. The molecule has 3 aromatic rings. The fraction of sp³-hybridized carbons (Fsp3) is 0.433. The second-order valence-corrected chi connectivity index (χ2v) is 11.3. The SMILES string of the molecule is CCCC(=O)Nc1ccc(-c2nc3n(n2)N=C(C(C)(C)C)C32N=CCNC(=O)N2c2ccc(N(CC)CC)cn2)cc1. The minimum atomic E-state index is -1.40. The number of benzene rings is 1. The molecule has 0 aliphatic carbocycles. The minimum absolute atomic E-state index is 0.0290. The van der Waals surface area contributed by atoms with Crippen molar-refractivity contribution in [2.24, 2.45) is 15.5 Å². The van der Waals surface area contributed by atoms with Gasteiger partial charge in [0.2, 0.25) is 17.4 Å². The summed E-state index contributed by atoms with van der Waals surface area (Å²) in [5, 5.41) is 15.4. The zero-order valence-corrected chi connectivity index (χ0v) is 25.0. The number of hydrogen-bond acceptors (Lipinski definition) is 8. The fourth-order valence-corrected chi connectivity index (χ4v) is 5.29. The van der Waals surface area contributed by atoms with Crippen LogP contribution in [-0.4, -0.2) is 63.4 Å². The first-order valence-corrected chi connectivity index (χ1v) is 14.4. The molecular formula is C30H38N10O2. The molecule has 1 spiro atoms. The van der Waals surface area contributed by atoms with Crippen LogP contribution in [0.4, 0.5) is 22.0 Å². The van der Waals surface area contributed by atoms with Crippen molar-refractivity contribution in [3.8, 4) is 11.4 Å². The first-order valence-electron chi connectivity index (χ1n) is 14.4. The highest BCUT2D eigenvalue weighted by Gasteiger charge is 2.58. The number of hydrogen-bond donors (Lipinski definition) is 2. The lowest BCUT2D eigenvalue weighted by Gasteiger charge is -2.39. The number of carbonyl (C=O) groups is 2. The second kappa shape index (κ2) is 11.3. The lowest BCUT2D eigenvalue weighted by molar-refractivity contribution is -0.116. The molecule has 3 amide bonds. The molecule has 2 N–H and O–H groups in total. The minimum Gasteiger partial charge on any atom is -0.371 e. The van der Waals surface area contributed by atoms with Crippen LogP contribution < -0.4 is 20.4 Å². The van der Waals surface area contributed by atoms with Crippen LogP contribution in [0.2, 0.25) is 0 Å². The molecule has 2 aromatic heterocycles. The third-order valence-corrected chi connectivity index (χ3v) is 7.28. The number of pyridine rings is 1. The molecule has 2 aliphatic heterocycles. The Kier molecular flexibility index (Phi) is 7.81. The van der Waals surface area contributed by atoms with Gasteiger partial charge in [-0.15, -0.1) is 9.89 Å². The van der Waals surface area contributed by atoms with E-state index in [1.54, 1.807) is 12.4 Å². The normalized spacial score (nSPS) is 18.0. The maximum atomic E-state index is 13.8. The molecule has 1 unspecified atom stereocenters. The number of nitrogens with zero attached hydrogens (tertiary/aromatic N) is 8. The maximum Gasteiger partial charge on any atom is 0.326 e. The average Bonchev–Trinajstić information content (AvgIpc) is 3.46. The smallest absolute Gasteiger partial charge is 0.326 e. The molecule has 5 rings (SSSR count). The molecule has 0 saturated carbocycles. The number of fused-ring (bicyclic) bond motifs is 2. The van der Waals surface area contributed by atoms with Gasteiger partial charge >= 0.3 is 6.03 Å². The van der Waals surface area contributed by atoms with Gasteiger partial charge in [0.05, 0.1) is 18.4 Å². The molecule has 220 valence electrons. The molecule has 0 fully saturated rings. The summed E-state index contributed by atoms with van der Waals surface area (Å²) in [7, 11) is 0. The van der Waals surface area contributed by atoms with Gasteiger partial charge in [0.25, 0.3) is 0 Å². The van der Waals surface area contributed by atoms with E-state index >= 15 is 0 Å². The van der Waals surface area contributed by atoms with Crippen molar-refractivity contribution in [1.82, 2.24) is 25.2 Å². The lowest BCUT2D eigenvalue weighted by Crippen LogP contribution is -2.57. The van der Waals surface area contributed by atoms with Crippen LogP contribution in [-0.2, 0) is 10.5 Å². The number of aromatic nitrogens is 4. The molecule has 42 heavy (non-hydrogen) atoms. The number of aliphatic imine (C=N–C) groups is 1. The standard InChI is InChI=1S/C30H38N10O2/c1-7-10-24(41)34-21-13-11-20(12-14-21)25-35-27-30(26(29(4,5)6)37-40(27)36-25)33-18-17-31-28(42)39(30)23-16-15-22(19-32-23)38(8-2)9-3/h11-16,18-19H,7-10,17H2,1-6H3,(H,31,42)(H,34,41). The van der Waals surface area contributed by atoms with E-state index in [0.29, 0.717) is 35.3 Å². The number of nitrogens with one attached hydrogen (secondary N) is 2. The van der Waals surface area contributed by atoms with Crippen molar-refractivity contribution in [1.29, 1.82) is 0 Å². The highest BCUT2D eigenvalue weighted by atomic mass is 16.2. The summed E-state index contributed by atoms with van der Waals surface area (Å²) in [6, 6.07) is 10.8. The molecule has 12 nitrogen and oxygen atoms in total. The van der Waals surface area contributed by atoms with Gasteiger partial charge in [-0.1, -0.05) is 27.7 Å². The van der Waals surface area contributed by atoms with E-state index in [4.69, 9.17) is 25.2 Å². The van der Waals surface area contributed by atoms with Gasteiger partial charge in [-0.2, -0.15) is 5.10 Å². The van der Waals surface area contributed by atoms with Crippen LogP contribution in [0.15, 0.2) is 52.7 Å². The van der Waals surface area contributed by atoms with Crippen molar-refractivity contribution in [3.05, 3.63) is 48.4 Å². The highest BCUT2D eigenvalue weighted by molar-refractivity contribution is 6.10. The predicted octanol–water partition coefficient (Wildman–Crippen LogP) is 4.64. The van der Waals surface area contributed by atoms with Crippen LogP contribution in [0.3, 0.4) is 0 Å². The highest BCUT2D eigenvalue weighted by Crippen LogP contribution is 2.44. The maximum absolute atomic E-state index is 13.8. The lowest BCUT2D eigenvalue weighted by atomic mass is 9.81. The van der Waals surface area contributed by atoms with E-state index in [-0.39, 0.29) is 18.5 Å². The van der Waals surface area contributed by atoms with Gasteiger partial charge < -0.3 is 15.5 Å². The van der Waals surface area contributed by atoms with Crippen molar-refractivity contribution in [2.45, 2.75) is 60.0 Å². The molecule has 0 radical (unpaired) electrons. The quantitative estimate of drug-likeness (QED) is 0.405. The molecule has 1 atom stereocenters. The third-order valence-electron chi connectivity index (χ3n) is 7.28. The van der Waals surface area contributed by atoms with Crippen LogP contribution in [0.5, 0.6) is 0 Å². The zero-order chi connectivity index (χ0) is 30.1. The largest absolute Gasteiger partial charge is 0.371 e. The van der Waals surface area contributed by atoms with Crippen molar-refractivity contribution in [2.75, 3.05) is 34.8 Å². The Hall–Kier alpha value is -4.61. The van der Waals surface area contributed by atoms with Gasteiger partial charge in [-0.3, -0.25) is 9.79 Å². The summed E-state index contributed by atoms with van der Waals surface area (Å²) < 4.78 is 0. The van der Waals surface area contributed by atoms with E-state index < -0.39 is 11.1 Å². The van der Waals surface area contributed by atoms with E-state index in [0.717, 1.165) is 30.8 Å². The summed E-state index contributed by atoms with van der Waals surface area (Å²) in [5.41, 5.74) is 1.12. The van der Waals surface area contributed by atoms with E-state index in [2.05, 4.69) is 29.4 Å². The van der Waals surface area contributed by atoms with E-state index in [1.807, 2.05) is 64.1 Å². The Bertz CT molecular complexity index is 1510. The van der Waals surface area contributed by atoms with Crippen molar-refractivity contribution in [3.63, 3.8) is 0 Å². The van der Waals surface area contributed by atoms with E-state index in [9.17, 15) is 9.59 Å². The Morgan fingerprint density at radius 2 is 1.83 bits per heavy atom. The molecule has 4 heterocycles. The van der Waals surface area contributed by atoms with Crippen LogP contribution >= 0.6 is 0 Å². The second-order valence-electron chi connectivity index (χ2n) is 11.3. The van der Waals surface area contributed by atoms with Gasteiger partial charge in [-0.25, -0.2) is 19.7 Å². The summed E-state index contributed by atoms with van der Waals surface area (Å²) >= 11 is 0. The number of amides is 3. The summed E-state index contributed by atoms with van der Waals surface area (Å²) in [6.07, 6.45) is 4.70. The van der Waals surface area contributed by atoms with Crippen LogP contribution in [0.1, 0.15) is 60.2 Å². The Morgan fingerprint density at radius 3 is 2.45 bits per heavy atom. The molecule has 0 bridgehead atoms. The number of carbonyl (C=O) groups excluding carboxylic acids is 2. The number of anilines is 3. The topological polar surface area (TPSA) is 133 Å². The molecule has 12 heteroatoms. The fourth-order valence-electron chi connectivity index (χ4n) is 5.29. The van der Waals surface area contributed by atoms with Gasteiger partial charge in [-0.05, 0) is 56.7 Å². The summed E-state index contributed by atoms with van der Waals surface area (Å²) in [4.78, 5) is 45.6. The van der Waals surface area contributed by atoms with Crippen LogP contribution in [0, 0.1) is 5.41 Å². The molecule has 1 aromatic carbocycles. The number of urea groups is 1. The molecular weight excluding hydrogens is 532 g/mol. The Morgan fingerprint density at radius 1 is 1.10 bits per heavy atom. The predicted molar refractivity (Wildman–Crippen MR) is 165 cm³/mol. The third kappa shape index (κ3) is 5.12. The van der Waals surface area contributed by atoms with Gasteiger partial charge in [0.15, 0.2) is 5.82 Å².